The second-order valence-corrected chi connectivity index (χ2v) is 5.56. The van der Waals surface area contributed by atoms with Gasteiger partial charge in [0.15, 0.2) is 0 Å². The zero-order chi connectivity index (χ0) is 14.4. The molecule has 0 amide bonds. The van der Waals surface area contributed by atoms with Crippen molar-refractivity contribution >= 4 is 0 Å². The van der Waals surface area contributed by atoms with E-state index in [0.29, 0.717) is 0 Å². The van der Waals surface area contributed by atoms with Crippen molar-refractivity contribution < 1.29 is 14.8 Å². The van der Waals surface area contributed by atoms with Crippen molar-refractivity contribution in [1.29, 1.82) is 0 Å². The van der Waals surface area contributed by atoms with Crippen molar-refractivity contribution in [2.24, 2.45) is 0 Å². The van der Waals surface area contributed by atoms with Crippen molar-refractivity contribution in [2.45, 2.75) is 32.5 Å². The molecule has 0 aliphatic heterocycles. The highest BCUT2D eigenvalue weighted by molar-refractivity contribution is 5.29. The summed E-state index contributed by atoms with van der Waals surface area (Å²) in [6.07, 6.45) is -0.320. The second-order valence-electron chi connectivity index (χ2n) is 5.56. The van der Waals surface area contributed by atoms with E-state index in [1.807, 2.05) is 81.4 Å². The third-order valence-corrected chi connectivity index (χ3v) is 2.62. The molecule has 0 bridgehead atoms. The molecule has 2 aromatic rings. The molecule has 20 heavy (non-hydrogen) atoms. The third kappa shape index (κ3) is 4.46. The molecule has 106 valence electrons. The van der Waals surface area contributed by atoms with Gasteiger partial charge >= 0.3 is 0 Å². The predicted molar refractivity (Wildman–Crippen MR) is 77.7 cm³/mol. The highest BCUT2D eigenvalue weighted by Gasteiger charge is 2.18. The number of hydrogen-bond donors (Lipinski definition) is 0. The summed E-state index contributed by atoms with van der Waals surface area (Å²) in [4.78, 5) is 10.6. The van der Waals surface area contributed by atoms with Gasteiger partial charge in [-0.2, -0.15) is 4.89 Å². The number of hydrogen-bond acceptors (Lipinski definition) is 3. The van der Waals surface area contributed by atoms with Crippen LogP contribution in [0.25, 0.3) is 0 Å². The first kappa shape index (κ1) is 14.7. The van der Waals surface area contributed by atoms with Crippen LogP contribution in [0.2, 0.25) is 0 Å². The highest BCUT2D eigenvalue weighted by Crippen LogP contribution is 2.26. The van der Waals surface area contributed by atoms with Gasteiger partial charge in [-0.25, -0.2) is 4.89 Å². The van der Waals surface area contributed by atoms with Crippen molar-refractivity contribution in [1.82, 2.24) is 0 Å². The normalized spacial score (nSPS) is 11.8. The van der Waals surface area contributed by atoms with Gasteiger partial charge in [0.05, 0.1) is 5.60 Å². The van der Waals surface area contributed by atoms with E-state index >= 15 is 0 Å². The van der Waals surface area contributed by atoms with E-state index in [0.717, 1.165) is 11.1 Å². The lowest BCUT2D eigenvalue weighted by Crippen LogP contribution is -2.20. The van der Waals surface area contributed by atoms with E-state index in [2.05, 4.69) is 0 Å². The molecule has 2 aromatic carbocycles. The monoisotopic (exact) mass is 272 g/mol. The average Bonchev–Trinajstić information content (AvgIpc) is 2.44. The SMILES string of the molecule is CC(C)(C)OOOC(c1ccccc1)c1ccccc1. The lowest BCUT2D eigenvalue weighted by molar-refractivity contribution is -0.549. The van der Waals surface area contributed by atoms with E-state index in [1.54, 1.807) is 0 Å². The molecule has 0 radical (unpaired) electrons. The Morgan fingerprint density at radius 1 is 0.750 bits per heavy atom. The molecule has 0 N–H and O–H groups in total. The Balaban J connectivity index is 2.13. The summed E-state index contributed by atoms with van der Waals surface area (Å²) in [7, 11) is 0. The predicted octanol–water partition coefficient (Wildman–Crippen LogP) is 4.45. The molecular weight excluding hydrogens is 252 g/mol. The highest BCUT2D eigenvalue weighted by atomic mass is 17.5. The van der Waals surface area contributed by atoms with Crippen LogP contribution in [0.1, 0.15) is 38.0 Å². The minimum Gasteiger partial charge on any atom is -0.200 e. The lowest BCUT2D eigenvalue weighted by Gasteiger charge is -2.20. The van der Waals surface area contributed by atoms with Gasteiger partial charge in [-0.3, -0.25) is 0 Å². The summed E-state index contributed by atoms with van der Waals surface area (Å²) in [6, 6.07) is 19.8. The van der Waals surface area contributed by atoms with Crippen LogP contribution < -0.4 is 0 Å². The molecule has 3 nitrogen and oxygen atoms in total. The van der Waals surface area contributed by atoms with Crippen LogP contribution in [-0.4, -0.2) is 5.60 Å². The first-order valence-corrected chi connectivity index (χ1v) is 6.67. The molecule has 2 rings (SSSR count). The van der Waals surface area contributed by atoms with Crippen LogP contribution in [0.4, 0.5) is 0 Å². The van der Waals surface area contributed by atoms with E-state index < -0.39 is 5.60 Å². The third-order valence-electron chi connectivity index (χ3n) is 2.62. The molecule has 0 aliphatic carbocycles. The van der Waals surface area contributed by atoms with Crippen LogP contribution in [0, 0.1) is 0 Å². The van der Waals surface area contributed by atoms with Crippen molar-refractivity contribution in [3.63, 3.8) is 0 Å². The van der Waals surface area contributed by atoms with E-state index in [9.17, 15) is 0 Å². The Kier molecular flexibility index (Phi) is 4.90. The van der Waals surface area contributed by atoms with E-state index in [-0.39, 0.29) is 6.10 Å². The first-order chi connectivity index (χ1) is 9.56. The summed E-state index contributed by atoms with van der Waals surface area (Å²) in [5, 5.41) is 4.97. The fraction of sp³-hybridized carbons (Fsp3) is 0.294. The summed E-state index contributed by atoms with van der Waals surface area (Å²) in [6.45, 7) is 5.70. The maximum Gasteiger partial charge on any atom is 0.146 e. The molecule has 0 atom stereocenters. The molecule has 0 unspecified atom stereocenters. The van der Waals surface area contributed by atoms with Crippen molar-refractivity contribution in [2.75, 3.05) is 0 Å². The molecular formula is C17H20O3. The molecule has 3 heteroatoms. The minimum atomic E-state index is -0.419. The quantitative estimate of drug-likeness (QED) is 0.594. The Morgan fingerprint density at radius 2 is 1.20 bits per heavy atom. The maximum atomic E-state index is 5.47. The molecule has 0 saturated heterocycles. The van der Waals surface area contributed by atoms with Crippen LogP contribution >= 0.6 is 0 Å². The minimum absolute atomic E-state index is 0.320. The summed E-state index contributed by atoms with van der Waals surface area (Å²) < 4.78 is 0. The Hall–Kier alpha value is -1.68. The molecule has 0 fully saturated rings. The van der Waals surface area contributed by atoms with Crippen LogP contribution in [0.5, 0.6) is 0 Å². The zero-order valence-electron chi connectivity index (χ0n) is 12.1. The molecule has 0 heterocycles. The Labute approximate surface area is 120 Å². The fourth-order valence-electron chi connectivity index (χ4n) is 1.72. The second kappa shape index (κ2) is 6.66. The standard InChI is InChI=1S/C17H20O3/c1-17(2,3)19-20-18-16(14-10-6-4-7-11-14)15-12-8-5-9-13-15/h4-13,16H,1-3H3. The summed E-state index contributed by atoms with van der Waals surface area (Å²) >= 11 is 0. The Bertz CT molecular complexity index is 463. The van der Waals surface area contributed by atoms with E-state index in [1.165, 1.54) is 0 Å². The van der Waals surface area contributed by atoms with Gasteiger partial charge in [-0.1, -0.05) is 65.7 Å². The van der Waals surface area contributed by atoms with Gasteiger partial charge in [-0.05, 0) is 31.9 Å². The van der Waals surface area contributed by atoms with E-state index in [4.69, 9.17) is 14.8 Å². The van der Waals surface area contributed by atoms with Gasteiger partial charge in [0.1, 0.15) is 6.10 Å². The van der Waals surface area contributed by atoms with Gasteiger partial charge in [-0.15, -0.1) is 0 Å². The van der Waals surface area contributed by atoms with Crippen molar-refractivity contribution in [3.05, 3.63) is 71.8 Å². The molecule has 0 aromatic heterocycles. The van der Waals surface area contributed by atoms with Crippen LogP contribution in [0.3, 0.4) is 0 Å². The fourth-order valence-corrected chi connectivity index (χ4v) is 1.72. The zero-order valence-corrected chi connectivity index (χ0v) is 12.1. The van der Waals surface area contributed by atoms with Gasteiger partial charge in [0.25, 0.3) is 0 Å². The molecule has 0 saturated carbocycles. The molecule has 0 spiro atoms. The van der Waals surface area contributed by atoms with Gasteiger partial charge in [0, 0.05) is 0 Å². The number of benzene rings is 2. The maximum absolute atomic E-state index is 5.47. The Morgan fingerprint density at radius 3 is 1.60 bits per heavy atom. The largest absolute Gasteiger partial charge is 0.200 e. The average molecular weight is 272 g/mol. The topological polar surface area (TPSA) is 27.7 Å². The van der Waals surface area contributed by atoms with Gasteiger partial charge < -0.3 is 0 Å². The lowest BCUT2D eigenvalue weighted by atomic mass is 10.0. The smallest absolute Gasteiger partial charge is 0.146 e. The van der Waals surface area contributed by atoms with Gasteiger partial charge in [0.2, 0.25) is 0 Å². The van der Waals surface area contributed by atoms with Crippen LogP contribution in [0.15, 0.2) is 60.7 Å². The number of rotatable bonds is 5. The van der Waals surface area contributed by atoms with Crippen molar-refractivity contribution in [3.8, 4) is 0 Å². The molecule has 0 aliphatic rings. The first-order valence-electron chi connectivity index (χ1n) is 6.67. The van der Waals surface area contributed by atoms with Crippen LogP contribution in [-0.2, 0) is 14.8 Å². The summed E-state index contributed by atoms with van der Waals surface area (Å²) in [5.74, 6) is 0. The summed E-state index contributed by atoms with van der Waals surface area (Å²) in [5.41, 5.74) is 1.60.